The summed E-state index contributed by atoms with van der Waals surface area (Å²) in [4.78, 5) is 10.5. The van der Waals surface area contributed by atoms with Crippen LogP contribution in [0.15, 0.2) is 146 Å². The van der Waals surface area contributed by atoms with Gasteiger partial charge in [0.25, 0.3) is 0 Å². The molecule has 10 aromatic rings. The maximum Gasteiger partial charge on any atom is 0.162 e. The van der Waals surface area contributed by atoms with Crippen molar-refractivity contribution in [2.24, 2.45) is 0 Å². The molecule has 0 unspecified atom stereocenters. The monoisotopic (exact) mass is 633 g/mol. The first-order chi connectivity index (χ1) is 23.8. The van der Waals surface area contributed by atoms with Crippen LogP contribution in [0.1, 0.15) is 0 Å². The van der Waals surface area contributed by atoms with Crippen LogP contribution < -0.4 is 4.74 Å². The Bertz CT molecular complexity index is 2810. The molecule has 0 fully saturated rings. The normalized spacial score (nSPS) is 11.9. The molecule has 5 heteroatoms. The Labute approximate surface area is 280 Å². The quantitative estimate of drug-likeness (QED) is 0.181. The molecule has 0 bridgehead atoms. The zero-order valence-corrected chi connectivity index (χ0v) is 26.8. The van der Waals surface area contributed by atoms with E-state index in [1.54, 1.807) is 7.11 Å². The van der Waals surface area contributed by atoms with Crippen LogP contribution in [0.3, 0.4) is 0 Å². The van der Waals surface area contributed by atoms with Gasteiger partial charge in [-0.2, -0.15) is 0 Å². The summed E-state index contributed by atoms with van der Waals surface area (Å²) >= 11 is 1.83. The van der Waals surface area contributed by atoms with Gasteiger partial charge in [0.05, 0.1) is 23.8 Å². The van der Waals surface area contributed by atoms with E-state index < -0.39 is 0 Å². The molecule has 4 nitrogen and oxygen atoms in total. The Morgan fingerprint density at radius 3 is 1.92 bits per heavy atom. The molecule has 0 saturated carbocycles. The second kappa shape index (κ2) is 10.5. The number of nitrogens with zero attached hydrogens (tertiary/aromatic N) is 3. The number of benzene rings is 7. The molecule has 0 saturated heterocycles. The smallest absolute Gasteiger partial charge is 0.162 e. The molecule has 226 valence electrons. The van der Waals surface area contributed by atoms with Gasteiger partial charge in [-0.1, -0.05) is 109 Å². The third-order valence-electron chi connectivity index (χ3n) is 9.48. The van der Waals surface area contributed by atoms with Gasteiger partial charge in [0.15, 0.2) is 5.82 Å². The maximum atomic E-state index is 5.74. The number of methoxy groups -OCH3 is 1. The highest BCUT2D eigenvalue weighted by atomic mass is 32.1. The molecular formula is C43H27N3OS. The van der Waals surface area contributed by atoms with E-state index in [0.29, 0.717) is 5.82 Å². The van der Waals surface area contributed by atoms with E-state index in [4.69, 9.17) is 14.7 Å². The Morgan fingerprint density at radius 2 is 1.17 bits per heavy atom. The van der Waals surface area contributed by atoms with Gasteiger partial charge in [0.2, 0.25) is 0 Å². The van der Waals surface area contributed by atoms with Crippen molar-refractivity contribution in [1.82, 2.24) is 14.5 Å². The highest BCUT2D eigenvalue weighted by Crippen LogP contribution is 2.48. The lowest BCUT2D eigenvalue weighted by Gasteiger charge is -2.14. The average molecular weight is 634 g/mol. The van der Waals surface area contributed by atoms with Gasteiger partial charge in [0, 0.05) is 53.5 Å². The maximum absolute atomic E-state index is 5.74. The van der Waals surface area contributed by atoms with Gasteiger partial charge in [-0.25, -0.2) is 9.97 Å². The van der Waals surface area contributed by atoms with Crippen molar-refractivity contribution in [2.45, 2.75) is 0 Å². The van der Waals surface area contributed by atoms with Gasteiger partial charge in [0.1, 0.15) is 11.6 Å². The van der Waals surface area contributed by atoms with E-state index >= 15 is 0 Å². The number of ether oxygens (including phenoxy) is 1. The van der Waals surface area contributed by atoms with E-state index in [9.17, 15) is 0 Å². The van der Waals surface area contributed by atoms with Crippen molar-refractivity contribution in [2.75, 3.05) is 7.11 Å². The third-order valence-corrected chi connectivity index (χ3v) is 10.6. The van der Waals surface area contributed by atoms with E-state index in [1.807, 2.05) is 35.6 Å². The van der Waals surface area contributed by atoms with E-state index in [2.05, 4.69) is 126 Å². The summed E-state index contributed by atoms with van der Waals surface area (Å²) in [5.74, 6) is 2.38. The Balaban J connectivity index is 1.45. The van der Waals surface area contributed by atoms with E-state index in [0.717, 1.165) is 39.4 Å². The fraction of sp³-hybridized carbons (Fsp3) is 0.0233. The van der Waals surface area contributed by atoms with Crippen LogP contribution in [0.5, 0.6) is 5.75 Å². The minimum absolute atomic E-state index is 0.693. The van der Waals surface area contributed by atoms with Gasteiger partial charge in [-0.05, 0) is 46.5 Å². The van der Waals surface area contributed by atoms with Gasteiger partial charge < -0.3 is 4.74 Å². The van der Waals surface area contributed by atoms with Crippen LogP contribution in [0.4, 0.5) is 0 Å². The highest BCUT2D eigenvalue weighted by molar-refractivity contribution is 7.26. The molecule has 10 rings (SSSR count). The molecule has 3 heterocycles. The molecule has 0 N–H and O–H groups in total. The van der Waals surface area contributed by atoms with E-state index in [-0.39, 0.29) is 0 Å². The van der Waals surface area contributed by atoms with Crippen LogP contribution >= 0.6 is 11.3 Å². The number of aromatic nitrogens is 3. The van der Waals surface area contributed by atoms with Crippen molar-refractivity contribution in [3.8, 4) is 34.2 Å². The number of hydrogen-bond donors (Lipinski definition) is 0. The highest BCUT2D eigenvalue weighted by Gasteiger charge is 2.24. The summed E-state index contributed by atoms with van der Waals surface area (Å²) < 4.78 is 10.6. The van der Waals surface area contributed by atoms with Crippen molar-refractivity contribution in [1.29, 1.82) is 0 Å². The fourth-order valence-electron chi connectivity index (χ4n) is 7.39. The summed E-state index contributed by atoms with van der Waals surface area (Å²) in [5.41, 5.74) is 5.16. The standard InChI is InChI=1S/C43H27N3OS/c1-47-28-20-22-36-33(24-28)39-37(48-36)23-21-35-41(39)40-31-18-10-8-16-29(31)30-17-9-11-19-32(30)42(40)46(35)38-25-34(26-12-4-2-5-13-26)44-43(45-38)27-14-6-3-7-15-27/h2-25H,1H3. The minimum Gasteiger partial charge on any atom is -0.497 e. The fourth-order valence-corrected chi connectivity index (χ4v) is 8.49. The number of hydrogen-bond acceptors (Lipinski definition) is 4. The zero-order chi connectivity index (χ0) is 31.8. The summed E-state index contributed by atoms with van der Waals surface area (Å²) in [6.07, 6.45) is 0. The van der Waals surface area contributed by atoms with E-state index in [1.165, 1.54) is 52.5 Å². The second-order valence-electron chi connectivity index (χ2n) is 12.1. The molecular weight excluding hydrogens is 607 g/mol. The zero-order valence-electron chi connectivity index (χ0n) is 26.0. The number of thiophene rings is 1. The molecule has 0 aliphatic heterocycles. The predicted molar refractivity (Wildman–Crippen MR) is 202 cm³/mol. The topological polar surface area (TPSA) is 39.9 Å². The van der Waals surface area contributed by atoms with Crippen LogP contribution in [-0.4, -0.2) is 21.6 Å². The van der Waals surface area contributed by atoms with Crippen molar-refractivity contribution < 1.29 is 4.74 Å². The molecule has 3 aromatic heterocycles. The van der Waals surface area contributed by atoms with Gasteiger partial charge in [-0.3, -0.25) is 4.57 Å². The third kappa shape index (κ3) is 3.95. The van der Waals surface area contributed by atoms with Crippen LogP contribution in [0.25, 0.3) is 92.0 Å². The van der Waals surface area contributed by atoms with Crippen LogP contribution in [0.2, 0.25) is 0 Å². The second-order valence-corrected chi connectivity index (χ2v) is 13.2. The largest absolute Gasteiger partial charge is 0.497 e. The van der Waals surface area contributed by atoms with Crippen molar-refractivity contribution >= 4 is 74.9 Å². The predicted octanol–water partition coefficient (Wildman–Crippen LogP) is 11.6. The lowest BCUT2D eigenvalue weighted by Crippen LogP contribution is -2.03. The summed E-state index contributed by atoms with van der Waals surface area (Å²) in [6.45, 7) is 0. The SMILES string of the molecule is COc1ccc2sc3ccc4c(c3c2c1)c1c2ccccc2c2ccccc2c1n4-c1cc(-c2ccccc2)nc(-c2ccccc2)n1. The molecule has 0 radical (unpaired) electrons. The minimum atomic E-state index is 0.693. The first kappa shape index (κ1) is 27.1. The first-order valence-electron chi connectivity index (χ1n) is 16.0. The lowest BCUT2D eigenvalue weighted by molar-refractivity contribution is 0.415. The lowest BCUT2D eigenvalue weighted by atomic mass is 9.95. The molecule has 0 atom stereocenters. The average Bonchev–Trinajstić information content (AvgIpc) is 3.71. The van der Waals surface area contributed by atoms with Crippen LogP contribution in [0, 0.1) is 0 Å². The number of rotatable bonds is 4. The summed E-state index contributed by atoms with van der Waals surface area (Å²) in [6, 6.07) is 51.4. The Morgan fingerprint density at radius 1 is 0.521 bits per heavy atom. The molecule has 7 aromatic carbocycles. The number of fused-ring (bicyclic) bond motifs is 12. The van der Waals surface area contributed by atoms with Crippen molar-refractivity contribution in [3.05, 3.63) is 146 Å². The molecule has 0 aliphatic rings. The first-order valence-corrected chi connectivity index (χ1v) is 16.9. The Hall–Kier alpha value is -6.04. The van der Waals surface area contributed by atoms with Crippen molar-refractivity contribution in [3.63, 3.8) is 0 Å². The van der Waals surface area contributed by atoms with Gasteiger partial charge >= 0.3 is 0 Å². The Kier molecular flexibility index (Phi) is 5.92. The molecule has 0 amide bonds. The summed E-state index contributed by atoms with van der Waals surface area (Å²) in [5, 5.41) is 9.78. The molecule has 0 spiro atoms. The van der Waals surface area contributed by atoms with Gasteiger partial charge in [-0.15, -0.1) is 11.3 Å². The summed E-state index contributed by atoms with van der Waals surface area (Å²) in [7, 11) is 1.74. The molecule has 0 aliphatic carbocycles. The molecule has 48 heavy (non-hydrogen) atoms. The van der Waals surface area contributed by atoms with Crippen LogP contribution in [-0.2, 0) is 0 Å².